The summed E-state index contributed by atoms with van der Waals surface area (Å²) in [4.78, 5) is 11.4. The van der Waals surface area contributed by atoms with Gasteiger partial charge in [-0.1, -0.05) is 15.9 Å². The van der Waals surface area contributed by atoms with Crippen LogP contribution in [-0.2, 0) is 0 Å². The van der Waals surface area contributed by atoms with Gasteiger partial charge in [0.15, 0.2) is 0 Å². The van der Waals surface area contributed by atoms with E-state index in [9.17, 15) is 4.79 Å². The highest BCUT2D eigenvalue weighted by atomic mass is 79.9. The maximum Gasteiger partial charge on any atom is 0.252 e. The molecule has 13 heavy (non-hydrogen) atoms. The van der Waals surface area contributed by atoms with Crippen LogP contribution in [0.3, 0.4) is 0 Å². The van der Waals surface area contributed by atoms with E-state index in [0.29, 0.717) is 0 Å². The van der Waals surface area contributed by atoms with E-state index < -0.39 is 0 Å². The fraction of sp³-hybridized carbons (Fsp3) is 0.300. The molecule has 1 unspecified atom stereocenters. The van der Waals surface area contributed by atoms with E-state index in [1.807, 2.05) is 26.0 Å². The Morgan fingerprint density at radius 2 is 2.15 bits per heavy atom. The zero-order valence-corrected chi connectivity index (χ0v) is 9.10. The smallest absolute Gasteiger partial charge is 0.252 e. The van der Waals surface area contributed by atoms with Crippen LogP contribution in [0.15, 0.2) is 16.6 Å². The zero-order chi connectivity index (χ0) is 9.59. The summed E-state index contributed by atoms with van der Waals surface area (Å²) in [5.74, 6) is 0.0399. The van der Waals surface area contributed by atoms with Gasteiger partial charge in [0.05, 0.1) is 6.04 Å². The highest BCUT2D eigenvalue weighted by Gasteiger charge is 2.25. The maximum atomic E-state index is 11.4. The Kier molecular flexibility index (Phi) is 1.91. The van der Waals surface area contributed by atoms with Crippen LogP contribution >= 0.6 is 15.9 Å². The highest BCUT2D eigenvalue weighted by molar-refractivity contribution is 9.10. The van der Waals surface area contributed by atoms with Crippen molar-refractivity contribution in [1.82, 2.24) is 5.32 Å². The third-order valence-electron chi connectivity index (χ3n) is 2.39. The average molecular weight is 240 g/mol. The summed E-state index contributed by atoms with van der Waals surface area (Å²) in [5.41, 5.74) is 3.00. The minimum atomic E-state index is 0.0399. The summed E-state index contributed by atoms with van der Waals surface area (Å²) in [7, 11) is 0. The van der Waals surface area contributed by atoms with Gasteiger partial charge in [0.2, 0.25) is 0 Å². The molecule has 2 nitrogen and oxygen atoms in total. The molecule has 1 aliphatic heterocycles. The Morgan fingerprint density at radius 1 is 1.46 bits per heavy atom. The number of hydrogen-bond acceptors (Lipinski definition) is 1. The summed E-state index contributed by atoms with van der Waals surface area (Å²) < 4.78 is 1.06. The predicted octanol–water partition coefficient (Wildman–Crippen LogP) is 2.56. The first kappa shape index (κ1) is 8.75. The standard InChI is InChI=1S/C10H10BrNO/c1-5-3-8-7(4-9(5)11)6(2)12-10(8)13/h3-4,6H,1-2H3,(H,12,13). The molecule has 1 N–H and O–H groups in total. The number of aryl methyl sites for hydroxylation is 1. The molecule has 3 heteroatoms. The fourth-order valence-corrected chi connectivity index (χ4v) is 1.97. The molecule has 0 aromatic heterocycles. The summed E-state index contributed by atoms with van der Waals surface area (Å²) in [6.45, 7) is 3.98. The van der Waals surface area contributed by atoms with Gasteiger partial charge in [-0.3, -0.25) is 4.79 Å². The van der Waals surface area contributed by atoms with E-state index >= 15 is 0 Å². The second kappa shape index (κ2) is 2.84. The molecule has 1 atom stereocenters. The van der Waals surface area contributed by atoms with Crippen LogP contribution in [0.2, 0.25) is 0 Å². The minimum Gasteiger partial charge on any atom is -0.345 e. The summed E-state index contributed by atoms with van der Waals surface area (Å²) >= 11 is 3.46. The summed E-state index contributed by atoms with van der Waals surface area (Å²) in [6, 6.07) is 4.09. The lowest BCUT2D eigenvalue weighted by molar-refractivity contribution is 0.0958. The third-order valence-corrected chi connectivity index (χ3v) is 3.24. The van der Waals surface area contributed by atoms with E-state index in [4.69, 9.17) is 0 Å². The van der Waals surface area contributed by atoms with Crippen LogP contribution in [0, 0.1) is 6.92 Å². The lowest BCUT2D eigenvalue weighted by Crippen LogP contribution is -2.16. The second-order valence-electron chi connectivity index (χ2n) is 3.38. The molecule has 1 aromatic rings. The molecule has 0 spiro atoms. The fourth-order valence-electron chi connectivity index (χ4n) is 1.60. The zero-order valence-electron chi connectivity index (χ0n) is 7.52. The van der Waals surface area contributed by atoms with Crippen LogP contribution in [0.1, 0.15) is 34.5 Å². The van der Waals surface area contributed by atoms with Gasteiger partial charge >= 0.3 is 0 Å². The van der Waals surface area contributed by atoms with Crippen molar-refractivity contribution in [3.05, 3.63) is 33.3 Å². The lowest BCUT2D eigenvalue weighted by atomic mass is 10.0. The van der Waals surface area contributed by atoms with E-state index in [-0.39, 0.29) is 11.9 Å². The number of benzene rings is 1. The Hall–Kier alpha value is -0.830. The molecule has 2 rings (SSSR count). The topological polar surface area (TPSA) is 29.1 Å². The van der Waals surface area contributed by atoms with Gasteiger partial charge in [0, 0.05) is 10.0 Å². The Balaban J connectivity index is 2.65. The molecule has 68 valence electrons. The van der Waals surface area contributed by atoms with Crippen molar-refractivity contribution in [2.75, 3.05) is 0 Å². The Labute approximate surface area is 85.5 Å². The van der Waals surface area contributed by atoms with Crippen molar-refractivity contribution in [2.45, 2.75) is 19.9 Å². The van der Waals surface area contributed by atoms with Gasteiger partial charge in [-0.05, 0) is 37.1 Å². The molecule has 0 fully saturated rings. The largest absolute Gasteiger partial charge is 0.345 e. The second-order valence-corrected chi connectivity index (χ2v) is 4.24. The molecule has 1 aliphatic rings. The number of amides is 1. The first-order valence-electron chi connectivity index (χ1n) is 4.20. The van der Waals surface area contributed by atoms with Crippen LogP contribution in [0.5, 0.6) is 0 Å². The van der Waals surface area contributed by atoms with Crippen LogP contribution in [-0.4, -0.2) is 5.91 Å². The van der Waals surface area contributed by atoms with E-state index in [2.05, 4.69) is 21.2 Å². The normalized spacial score (nSPS) is 19.9. The van der Waals surface area contributed by atoms with Gasteiger partial charge in [-0.25, -0.2) is 0 Å². The van der Waals surface area contributed by atoms with Gasteiger partial charge in [0.25, 0.3) is 5.91 Å². The van der Waals surface area contributed by atoms with Gasteiger partial charge in [-0.15, -0.1) is 0 Å². The van der Waals surface area contributed by atoms with Gasteiger partial charge < -0.3 is 5.32 Å². The number of rotatable bonds is 0. The van der Waals surface area contributed by atoms with Crippen molar-refractivity contribution < 1.29 is 4.79 Å². The molecule has 1 amide bonds. The molecule has 1 heterocycles. The number of carbonyl (C=O) groups excluding carboxylic acids is 1. The van der Waals surface area contributed by atoms with Crippen LogP contribution < -0.4 is 5.32 Å². The minimum absolute atomic E-state index is 0.0399. The molecule has 1 aromatic carbocycles. The third kappa shape index (κ3) is 1.27. The van der Waals surface area contributed by atoms with E-state index in [1.54, 1.807) is 0 Å². The van der Waals surface area contributed by atoms with Gasteiger partial charge in [-0.2, -0.15) is 0 Å². The summed E-state index contributed by atoms with van der Waals surface area (Å²) in [5, 5.41) is 2.88. The molecule has 0 saturated heterocycles. The number of fused-ring (bicyclic) bond motifs is 1. The average Bonchev–Trinajstić information content (AvgIpc) is 2.31. The van der Waals surface area contributed by atoms with E-state index in [0.717, 1.165) is 21.2 Å². The molecule has 0 bridgehead atoms. The first-order chi connectivity index (χ1) is 6.09. The summed E-state index contributed by atoms with van der Waals surface area (Å²) in [6.07, 6.45) is 0. The first-order valence-corrected chi connectivity index (χ1v) is 5.00. The van der Waals surface area contributed by atoms with Crippen molar-refractivity contribution in [3.8, 4) is 0 Å². The highest BCUT2D eigenvalue weighted by Crippen LogP contribution is 2.29. The van der Waals surface area contributed by atoms with Crippen molar-refractivity contribution in [1.29, 1.82) is 0 Å². The molecular formula is C10H10BrNO. The van der Waals surface area contributed by atoms with Gasteiger partial charge in [0.1, 0.15) is 0 Å². The van der Waals surface area contributed by atoms with Crippen molar-refractivity contribution in [2.24, 2.45) is 0 Å². The van der Waals surface area contributed by atoms with Crippen LogP contribution in [0.4, 0.5) is 0 Å². The molecule has 0 radical (unpaired) electrons. The number of nitrogens with one attached hydrogen (secondary N) is 1. The SMILES string of the molecule is Cc1cc2c(cc1Br)C(C)NC2=O. The Morgan fingerprint density at radius 3 is 2.85 bits per heavy atom. The Bertz CT molecular complexity index is 387. The quantitative estimate of drug-likeness (QED) is 0.741. The molecule has 0 aliphatic carbocycles. The van der Waals surface area contributed by atoms with Crippen molar-refractivity contribution >= 4 is 21.8 Å². The molecular weight excluding hydrogens is 230 g/mol. The monoisotopic (exact) mass is 239 g/mol. The number of hydrogen-bond donors (Lipinski definition) is 1. The lowest BCUT2D eigenvalue weighted by Gasteiger charge is -2.04. The number of halogens is 1. The van der Waals surface area contributed by atoms with E-state index in [1.165, 1.54) is 0 Å². The number of carbonyl (C=O) groups is 1. The molecule has 0 saturated carbocycles. The van der Waals surface area contributed by atoms with Crippen molar-refractivity contribution in [3.63, 3.8) is 0 Å². The maximum absolute atomic E-state index is 11.4. The van der Waals surface area contributed by atoms with Crippen LogP contribution in [0.25, 0.3) is 0 Å². The predicted molar refractivity (Wildman–Crippen MR) is 54.8 cm³/mol.